The van der Waals surface area contributed by atoms with Crippen LogP contribution in [0.15, 0.2) is 24.3 Å². The maximum absolute atomic E-state index is 12.4. The number of hydrogen-bond donors (Lipinski definition) is 2. The average Bonchev–Trinajstić information content (AvgIpc) is 2.70. The number of nitrogens with one attached hydrogen (secondary N) is 2. The first-order valence-corrected chi connectivity index (χ1v) is 11.9. The molecule has 0 unspecified atom stereocenters. The summed E-state index contributed by atoms with van der Waals surface area (Å²) in [6.45, 7) is 1.53. The highest BCUT2D eigenvalue weighted by molar-refractivity contribution is 14.1. The van der Waals surface area contributed by atoms with Crippen LogP contribution in [-0.4, -0.2) is 37.0 Å². The molecule has 0 aliphatic heterocycles. The van der Waals surface area contributed by atoms with Gasteiger partial charge in [0.1, 0.15) is 6.54 Å². The van der Waals surface area contributed by atoms with Gasteiger partial charge in [0.15, 0.2) is 6.61 Å². The lowest BCUT2D eigenvalue weighted by Gasteiger charge is -2.59. The third-order valence-electron chi connectivity index (χ3n) is 7.26. The van der Waals surface area contributed by atoms with Crippen molar-refractivity contribution in [2.24, 2.45) is 23.2 Å². The Labute approximate surface area is 191 Å². The number of amides is 2. The predicted octanol–water partition coefficient (Wildman–Crippen LogP) is 3.29. The summed E-state index contributed by atoms with van der Waals surface area (Å²) in [4.78, 5) is 36.5. The van der Waals surface area contributed by atoms with Gasteiger partial charge in [0.25, 0.3) is 11.8 Å². The lowest BCUT2D eigenvalue weighted by Crippen LogP contribution is -2.56. The van der Waals surface area contributed by atoms with Crippen LogP contribution in [0.4, 0.5) is 0 Å². The summed E-state index contributed by atoms with van der Waals surface area (Å²) < 4.78 is 5.88. The minimum absolute atomic E-state index is 0.0944. The predicted molar refractivity (Wildman–Crippen MR) is 121 cm³/mol. The first kappa shape index (κ1) is 21.6. The zero-order valence-electron chi connectivity index (χ0n) is 17.3. The number of rotatable bonds is 7. The summed E-state index contributed by atoms with van der Waals surface area (Å²) in [5, 5.41) is 5.63. The normalized spacial score (nSPS) is 29.9. The van der Waals surface area contributed by atoms with E-state index in [9.17, 15) is 14.4 Å². The molecule has 5 rings (SSSR count). The largest absolute Gasteiger partial charge is 0.454 e. The molecule has 1 atom stereocenters. The molecule has 2 amide bonds. The van der Waals surface area contributed by atoms with Gasteiger partial charge in [-0.05, 0) is 103 Å². The quantitative estimate of drug-likeness (QED) is 0.424. The SMILES string of the molecule is C[C@H](NC(=O)COC(=O)CNC(=O)c1ccccc1I)C12CC3CC(CC(C3)C1)C2. The van der Waals surface area contributed by atoms with E-state index in [1.165, 1.54) is 38.5 Å². The molecule has 2 N–H and O–H groups in total. The van der Waals surface area contributed by atoms with Crippen LogP contribution < -0.4 is 10.6 Å². The molecule has 0 heterocycles. The van der Waals surface area contributed by atoms with Gasteiger partial charge in [-0.3, -0.25) is 14.4 Å². The highest BCUT2D eigenvalue weighted by Gasteiger charge is 2.53. The topological polar surface area (TPSA) is 84.5 Å². The number of halogens is 1. The Morgan fingerprint density at radius 2 is 1.70 bits per heavy atom. The van der Waals surface area contributed by atoms with E-state index >= 15 is 0 Å². The molecule has 162 valence electrons. The minimum atomic E-state index is -0.619. The molecule has 7 heteroatoms. The number of carbonyl (C=O) groups excluding carboxylic acids is 3. The van der Waals surface area contributed by atoms with Crippen molar-refractivity contribution in [2.75, 3.05) is 13.2 Å². The van der Waals surface area contributed by atoms with Crippen LogP contribution in [0, 0.1) is 26.7 Å². The molecule has 6 nitrogen and oxygen atoms in total. The third kappa shape index (κ3) is 4.65. The molecule has 1 aromatic carbocycles. The molecule has 0 saturated heterocycles. The molecule has 4 fully saturated rings. The van der Waals surface area contributed by atoms with Crippen LogP contribution in [-0.2, 0) is 14.3 Å². The summed E-state index contributed by atoms with van der Waals surface area (Å²) in [5.41, 5.74) is 0.725. The van der Waals surface area contributed by atoms with Crippen molar-refractivity contribution in [1.29, 1.82) is 0 Å². The third-order valence-corrected chi connectivity index (χ3v) is 8.20. The van der Waals surface area contributed by atoms with Crippen molar-refractivity contribution in [3.05, 3.63) is 33.4 Å². The molecule has 0 aromatic heterocycles. The molecule has 0 radical (unpaired) electrons. The van der Waals surface area contributed by atoms with Crippen LogP contribution in [0.25, 0.3) is 0 Å². The standard InChI is InChI=1S/C23H29IN2O4/c1-14(23-9-15-6-16(10-23)8-17(7-15)11-23)26-20(27)13-30-21(28)12-25-22(29)18-4-2-3-5-19(18)24/h2-5,14-17H,6-13H2,1H3,(H,25,29)(H,26,27)/t14-,15?,16?,17?,23?/m0/s1. The van der Waals surface area contributed by atoms with Crippen LogP contribution in [0.5, 0.6) is 0 Å². The van der Waals surface area contributed by atoms with Crippen LogP contribution in [0.1, 0.15) is 55.8 Å². The van der Waals surface area contributed by atoms with E-state index in [1.54, 1.807) is 12.1 Å². The highest BCUT2D eigenvalue weighted by Crippen LogP contribution is 2.61. The Hall–Kier alpha value is -1.64. The van der Waals surface area contributed by atoms with E-state index in [4.69, 9.17) is 4.74 Å². The van der Waals surface area contributed by atoms with Gasteiger partial charge in [0.05, 0.1) is 5.56 Å². The second kappa shape index (κ2) is 8.85. The van der Waals surface area contributed by atoms with Crippen molar-refractivity contribution in [2.45, 2.75) is 51.5 Å². The first-order chi connectivity index (χ1) is 14.3. The monoisotopic (exact) mass is 524 g/mol. The van der Waals surface area contributed by atoms with Gasteiger partial charge in [0.2, 0.25) is 0 Å². The lowest BCUT2D eigenvalue weighted by atomic mass is 9.48. The van der Waals surface area contributed by atoms with Gasteiger partial charge in [-0.15, -0.1) is 0 Å². The molecule has 1 aromatic rings. The average molecular weight is 524 g/mol. The van der Waals surface area contributed by atoms with Gasteiger partial charge in [-0.1, -0.05) is 12.1 Å². The number of ether oxygens (including phenoxy) is 1. The lowest BCUT2D eigenvalue weighted by molar-refractivity contribution is -0.148. The van der Waals surface area contributed by atoms with Crippen molar-refractivity contribution < 1.29 is 19.1 Å². The van der Waals surface area contributed by atoms with Gasteiger partial charge in [0, 0.05) is 9.61 Å². The van der Waals surface area contributed by atoms with E-state index < -0.39 is 5.97 Å². The van der Waals surface area contributed by atoms with Gasteiger partial charge >= 0.3 is 5.97 Å². The molecule has 4 saturated carbocycles. The summed E-state index contributed by atoms with van der Waals surface area (Å²) in [6.07, 6.45) is 7.74. The van der Waals surface area contributed by atoms with Gasteiger partial charge in [-0.2, -0.15) is 0 Å². The molecular weight excluding hydrogens is 495 g/mol. The van der Waals surface area contributed by atoms with Crippen molar-refractivity contribution in [3.63, 3.8) is 0 Å². The Balaban J connectivity index is 1.21. The Morgan fingerprint density at radius 1 is 1.10 bits per heavy atom. The zero-order chi connectivity index (χ0) is 21.3. The zero-order valence-corrected chi connectivity index (χ0v) is 19.4. The summed E-state index contributed by atoms with van der Waals surface area (Å²) >= 11 is 2.07. The van der Waals surface area contributed by atoms with Crippen molar-refractivity contribution >= 4 is 40.4 Å². The molecule has 30 heavy (non-hydrogen) atoms. The van der Waals surface area contributed by atoms with E-state index in [0.717, 1.165) is 21.3 Å². The molecule has 4 aliphatic rings. The second-order valence-electron chi connectivity index (χ2n) is 9.39. The van der Waals surface area contributed by atoms with Gasteiger partial charge in [-0.25, -0.2) is 0 Å². The molecular formula is C23H29IN2O4. The van der Waals surface area contributed by atoms with Gasteiger partial charge < -0.3 is 15.4 Å². The summed E-state index contributed by atoms with van der Waals surface area (Å²) in [5.74, 6) is 1.25. The number of hydrogen-bond acceptors (Lipinski definition) is 4. The number of esters is 1. The summed E-state index contributed by atoms with van der Waals surface area (Å²) in [6, 6.07) is 7.22. The summed E-state index contributed by atoms with van der Waals surface area (Å²) in [7, 11) is 0. The molecule has 0 spiro atoms. The Morgan fingerprint density at radius 3 is 2.30 bits per heavy atom. The van der Waals surface area contributed by atoms with Crippen LogP contribution >= 0.6 is 22.6 Å². The molecule has 4 aliphatic carbocycles. The van der Waals surface area contributed by atoms with Crippen LogP contribution in [0.2, 0.25) is 0 Å². The molecule has 4 bridgehead atoms. The van der Waals surface area contributed by atoms with Crippen molar-refractivity contribution in [3.8, 4) is 0 Å². The smallest absolute Gasteiger partial charge is 0.325 e. The van der Waals surface area contributed by atoms with E-state index in [2.05, 4.69) is 40.1 Å². The Bertz CT molecular complexity index is 805. The maximum Gasteiger partial charge on any atom is 0.325 e. The second-order valence-corrected chi connectivity index (χ2v) is 10.6. The van der Waals surface area contributed by atoms with E-state index in [0.29, 0.717) is 5.56 Å². The van der Waals surface area contributed by atoms with E-state index in [-0.39, 0.29) is 36.4 Å². The fourth-order valence-corrected chi connectivity index (χ4v) is 6.87. The fourth-order valence-electron chi connectivity index (χ4n) is 6.23. The first-order valence-electron chi connectivity index (χ1n) is 10.8. The maximum atomic E-state index is 12.4. The fraction of sp³-hybridized carbons (Fsp3) is 0.609. The highest BCUT2D eigenvalue weighted by atomic mass is 127. The minimum Gasteiger partial charge on any atom is -0.454 e. The van der Waals surface area contributed by atoms with Crippen LogP contribution in [0.3, 0.4) is 0 Å². The van der Waals surface area contributed by atoms with E-state index in [1.807, 2.05) is 12.1 Å². The number of benzene rings is 1. The number of carbonyl (C=O) groups is 3. The Kier molecular flexibility index (Phi) is 6.36. The van der Waals surface area contributed by atoms with Crippen molar-refractivity contribution in [1.82, 2.24) is 10.6 Å².